The average Bonchev–Trinajstić information content (AvgIpc) is 3.26. The van der Waals surface area contributed by atoms with E-state index in [1.807, 2.05) is 36.6 Å². The summed E-state index contributed by atoms with van der Waals surface area (Å²) < 4.78 is 21.9. The summed E-state index contributed by atoms with van der Waals surface area (Å²) in [7, 11) is 0. The molecule has 2 aromatic carbocycles. The Kier molecular flexibility index (Phi) is 5.70. The zero-order valence-corrected chi connectivity index (χ0v) is 17.0. The molecule has 1 N–H and O–H groups in total. The van der Waals surface area contributed by atoms with E-state index >= 15 is 0 Å². The van der Waals surface area contributed by atoms with E-state index in [2.05, 4.69) is 20.5 Å². The molecule has 7 nitrogen and oxygen atoms in total. The fourth-order valence-electron chi connectivity index (χ4n) is 2.98. The average molecular weight is 417 g/mol. The summed E-state index contributed by atoms with van der Waals surface area (Å²) >= 11 is 0. The Balaban J connectivity index is 1.56. The normalized spacial score (nSPS) is 10.8. The van der Waals surface area contributed by atoms with Gasteiger partial charge in [-0.1, -0.05) is 24.3 Å². The minimum absolute atomic E-state index is 0.145. The highest BCUT2D eigenvalue weighted by molar-refractivity contribution is 6.04. The van der Waals surface area contributed by atoms with Crippen molar-refractivity contribution in [3.05, 3.63) is 84.4 Å². The standard InChI is InChI=1S/C23H20FN5O2/c1-15(2)29-14-25-28-22(29)20-9-6-10-21(26-20)27-23(30)18-13-17(11-12-19(18)24)31-16-7-4-3-5-8-16/h3-15H,1-2H3,(H,26,27,30). The van der Waals surface area contributed by atoms with Crippen LogP contribution in [0.3, 0.4) is 0 Å². The van der Waals surface area contributed by atoms with Gasteiger partial charge in [0.25, 0.3) is 5.91 Å². The van der Waals surface area contributed by atoms with Crippen LogP contribution in [0.1, 0.15) is 30.2 Å². The Morgan fingerprint density at radius 2 is 1.84 bits per heavy atom. The van der Waals surface area contributed by atoms with E-state index in [4.69, 9.17) is 4.74 Å². The Hall–Kier alpha value is -4.07. The molecule has 2 heterocycles. The molecule has 0 aliphatic rings. The number of hydrogen-bond donors (Lipinski definition) is 1. The number of ether oxygens (including phenoxy) is 1. The number of aromatic nitrogens is 4. The maximum absolute atomic E-state index is 14.3. The number of pyridine rings is 1. The molecule has 2 aromatic heterocycles. The Morgan fingerprint density at radius 3 is 2.61 bits per heavy atom. The molecule has 0 radical (unpaired) electrons. The second kappa shape index (κ2) is 8.74. The Bertz CT molecular complexity index is 1210. The van der Waals surface area contributed by atoms with E-state index < -0.39 is 11.7 Å². The highest BCUT2D eigenvalue weighted by Crippen LogP contribution is 2.24. The second-order valence-electron chi connectivity index (χ2n) is 7.07. The van der Waals surface area contributed by atoms with Crippen molar-refractivity contribution in [2.45, 2.75) is 19.9 Å². The molecule has 0 atom stereocenters. The molecular weight excluding hydrogens is 397 g/mol. The van der Waals surface area contributed by atoms with Gasteiger partial charge in [-0.25, -0.2) is 9.37 Å². The first-order valence-corrected chi connectivity index (χ1v) is 9.72. The number of nitrogens with one attached hydrogen (secondary N) is 1. The fraction of sp³-hybridized carbons (Fsp3) is 0.130. The molecule has 0 saturated heterocycles. The lowest BCUT2D eigenvalue weighted by Crippen LogP contribution is -2.15. The van der Waals surface area contributed by atoms with Gasteiger partial charge in [-0.3, -0.25) is 4.79 Å². The van der Waals surface area contributed by atoms with Gasteiger partial charge in [-0.05, 0) is 56.3 Å². The van der Waals surface area contributed by atoms with E-state index in [1.54, 1.807) is 36.7 Å². The van der Waals surface area contributed by atoms with E-state index in [1.165, 1.54) is 18.2 Å². The smallest absolute Gasteiger partial charge is 0.259 e. The minimum Gasteiger partial charge on any atom is -0.457 e. The molecule has 0 aliphatic heterocycles. The summed E-state index contributed by atoms with van der Waals surface area (Å²) in [6.07, 6.45) is 1.63. The third kappa shape index (κ3) is 4.58. The van der Waals surface area contributed by atoms with Crippen molar-refractivity contribution >= 4 is 11.7 Å². The number of carbonyl (C=O) groups excluding carboxylic acids is 1. The van der Waals surface area contributed by atoms with Crippen molar-refractivity contribution in [2.75, 3.05) is 5.32 Å². The van der Waals surface area contributed by atoms with E-state index in [9.17, 15) is 9.18 Å². The summed E-state index contributed by atoms with van der Waals surface area (Å²) in [5.74, 6) is 0.498. The van der Waals surface area contributed by atoms with Gasteiger partial charge in [-0.15, -0.1) is 10.2 Å². The maximum atomic E-state index is 14.3. The largest absolute Gasteiger partial charge is 0.457 e. The zero-order chi connectivity index (χ0) is 21.8. The summed E-state index contributed by atoms with van der Waals surface area (Å²) in [6, 6.07) is 18.4. The van der Waals surface area contributed by atoms with Crippen LogP contribution in [-0.2, 0) is 0 Å². The molecule has 8 heteroatoms. The molecule has 0 spiro atoms. The molecule has 4 rings (SSSR count). The SMILES string of the molecule is CC(C)n1cnnc1-c1cccc(NC(=O)c2cc(Oc3ccccc3)ccc2F)n1. The molecule has 0 aliphatic carbocycles. The van der Waals surface area contributed by atoms with Crippen molar-refractivity contribution in [1.82, 2.24) is 19.7 Å². The number of nitrogens with zero attached hydrogens (tertiary/aromatic N) is 4. The van der Waals surface area contributed by atoms with Crippen LogP contribution in [0.5, 0.6) is 11.5 Å². The van der Waals surface area contributed by atoms with Gasteiger partial charge in [-0.2, -0.15) is 0 Å². The quantitative estimate of drug-likeness (QED) is 0.472. The van der Waals surface area contributed by atoms with E-state index in [0.29, 0.717) is 23.0 Å². The molecule has 0 bridgehead atoms. The summed E-state index contributed by atoms with van der Waals surface area (Å²) in [6.45, 7) is 4.01. The summed E-state index contributed by atoms with van der Waals surface area (Å²) in [5, 5.41) is 10.7. The predicted octanol–water partition coefficient (Wildman–Crippen LogP) is 5.10. The molecule has 0 fully saturated rings. The predicted molar refractivity (Wildman–Crippen MR) is 115 cm³/mol. The topological polar surface area (TPSA) is 81.9 Å². The van der Waals surface area contributed by atoms with Crippen LogP contribution < -0.4 is 10.1 Å². The monoisotopic (exact) mass is 417 g/mol. The lowest BCUT2D eigenvalue weighted by atomic mass is 10.2. The number of para-hydroxylation sites is 1. The number of amides is 1. The third-order valence-electron chi connectivity index (χ3n) is 4.51. The first-order valence-electron chi connectivity index (χ1n) is 9.72. The maximum Gasteiger partial charge on any atom is 0.259 e. The second-order valence-corrected chi connectivity index (χ2v) is 7.07. The van der Waals surface area contributed by atoms with Gasteiger partial charge in [0, 0.05) is 6.04 Å². The van der Waals surface area contributed by atoms with Gasteiger partial charge in [0.2, 0.25) is 0 Å². The highest BCUT2D eigenvalue weighted by Gasteiger charge is 2.16. The highest BCUT2D eigenvalue weighted by atomic mass is 19.1. The van der Waals surface area contributed by atoms with Gasteiger partial charge in [0.05, 0.1) is 5.56 Å². The van der Waals surface area contributed by atoms with Crippen LogP contribution in [-0.4, -0.2) is 25.7 Å². The van der Waals surface area contributed by atoms with E-state index in [-0.39, 0.29) is 17.4 Å². The van der Waals surface area contributed by atoms with E-state index in [0.717, 1.165) is 0 Å². The molecule has 0 saturated carbocycles. The first-order chi connectivity index (χ1) is 15.0. The summed E-state index contributed by atoms with van der Waals surface area (Å²) in [4.78, 5) is 17.2. The first kappa shape index (κ1) is 20.2. The van der Waals surface area contributed by atoms with Gasteiger partial charge < -0.3 is 14.6 Å². The van der Waals surface area contributed by atoms with Crippen molar-refractivity contribution in [1.29, 1.82) is 0 Å². The van der Waals surface area contributed by atoms with Crippen molar-refractivity contribution in [3.8, 4) is 23.0 Å². The van der Waals surface area contributed by atoms with Gasteiger partial charge in [0.1, 0.15) is 35.2 Å². The van der Waals surface area contributed by atoms with Crippen LogP contribution in [0, 0.1) is 5.82 Å². The molecule has 4 aromatic rings. The lowest BCUT2D eigenvalue weighted by Gasteiger charge is -2.11. The van der Waals surface area contributed by atoms with Crippen molar-refractivity contribution < 1.29 is 13.9 Å². The number of hydrogen-bond acceptors (Lipinski definition) is 5. The Morgan fingerprint density at radius 1 is 1.03 bits per heavy atom. The molecule has 156 valence electrons. The molecular formula is C23H20FN5O2. The van der Waals surface area contributed by atoms with Gasteiger partial charge in [0.15, 0.2) is 5.82 Å². The summed E-state index contributed by atoms with van der Waals surface area (Å²) in [5.41, 5.74) is 0.400. The van der Waals surface area contributed by atoms with Crippen LogP contribution in [0.2, 0.25) is 0 Å². The molecule has 31 heavy (non-hydrogen) atoms. The van der Waals surface area contributed by atoms with Crippen molar-refractivity contribution in [3.63, 3.8) is 0 Å². The fourth-order valence-corrected chi connectivity index (χ4v) is 2.98. The van der Waals surface area contributed by atoms with Gasteiger partial charge >= 0.3 is 0 Å². The van der Waals surface area contributed by atoms with Crippen molar-refractivity contribution in [2.24, 2.45) is 0 Å². The minimum atomic E-state index is -0.659. The number of benzene rings is 2. The van der Waals surface area contributed by atoms with Crippen LogP contribution in [0.4, 0.5) is 10.2 Å². The Labute approximate surface area is 178 Å². The molecule has 0 unspecified atom stereocenters. The lowest BCUT2D eigenvalue weighted by molar-refractivity contribution is 0.102. The molecule has 1 amide bonds. The number of halogens is 1. The number of rotatable bonds is 6. The zero-order valence-electron chi connectivity index (χ0n) is 17.0. The van der Waals surface area contributed by atoms with Crippen LogP contribution in [0.15, 0.2) is 73.1 Å². The third-order valence-corrected chi connectivity index (χ3v) is 4.51. The number of anilines is 1. The van der Waals surface area contributed by atoms with Crippen LogP contribution >= 0.6 is 0 Å². The number of carbonyl (C=O) groups is 1. The van der Waals surface area contributed by atoms with Crippen LogP contribution in [0.25, 0.3) is 11.5 Å².